The smallest absolute Gasteiger partial charge is 0.187 e. The number of hydrogen-bond donors (Lipinski definition) is 0. The lowest BCUT2D eigenvalue weighted by molar-refractivity contribution is 0.0198. The second-order valence-corrected chi connectivity index (χ2v) is 6.20. The molecule has 3 aromatic rings. The topological polar surface area (TPSA) is 56.1 Å². The first kappa shape index (κ1) is 15.9. The SMILES string of the molecule is C[C@H](c1ccc(-c2nnnn2-c2ccccc2)cc1)N1CCOCC1. The Morgan fingerprint density at radius 2 is 1.68 bits per heavy atom. The van der Waals surface area contributed by atoms with Gasteiger partial charge in [0.25, 0.3) is 0 Å². The number of nitrogens with zero attached hydrogens (tertiary/aromatic N) is 5. The zero-order chi connectivity index (χ0) is 17.1. The van der Waals surface area contributed by atoms with E-state index >= 15 is 0 Å². The van der Waals surface area contributed by atoms with Crippen molar-refractivity contribution in [1.82, 2.24) is 25.1 Å². The Labute approximate surface area is 147 Å². The van der Waals surface area contributed by atoms with Gasteiger partial charge in [0.1, 0.15) is 0 Å². The van der Waals surface area contributed by atoms with Gasteiger partial charge in [-0.05, 0) is 35.0 Å². The summed E-state index contributed by atoms with van der Waals surface area (Å²) < 4.78 is 7.21. The zero-order valence-corrected chi connectivity index (χ0v) is 14.2. The molecule has 0 bridgehead atoms. The number of hydrogen-bond acceptors (Lipinski definition) is 5. The third kappa shape index (κ3) is 3.31. The van der Waals surface area contributed by atoms with Crippen LogP contribution >= 0.6 is 0 Å². The molecule has 4 rings (SSSR count). The lowest BCUT2D eigenvalue weighted by atomic mass is 10.0. The minimum atomic E-state index is 0.378. The maximum absolute atomic E-state index is 5.44. The van der Waals surface area contributed by atoms with Gasteiger partial charge in [0.15, 0.2) is 5.82 Å². The first-order valence-electron chi connectivity index (χ1n) is 8.59. The minimum Gasteiger partial charge on any atom is -0.379 e. The van der Waals surface area contributed by atoms with Crippen LogP contribution in [0.2, 0.25) is 0 Å². The fourth-order valence-electron chi connectivity index (χ4n) is 3.20. The minimum absolute atomic E-state index is 0.378. The highest BCUT2D eigenvalue weighted by atomic mass is 16.5. The van der Waals surface area contributed by atoms with Gasteiger partial charge in [0.2, 0.25) is 0 Å². The van der Waals surface area contributed by atoms with Crippen LogP contribution in [0.3, 0.4) is 0 Å². The average molecular weight is 335 g/mol. The standard InChI is InChI=1S/C19H21N5O/c1-15(23-11-13-25-14-12-23)16-7-9-17(10-8-16)19-20-21-22-24(19)18-5-3-2-4-6-18/h2-10,15H,11-14H2,1H3/t15-/m1/s1. The fraction of sp³-hybridized carbons (Fsp3) is 0.316. The molecular weight excluding hydrogens is 314 g/mol. The van der Waals surface area contributed by atoms with Crippen molar-refractivity contribution in [2.24, 2.45) is 0 Å². The van der Waals surface area contributed by atoms with E-state index in [1.54, 1.807) is 4.68 Å². The molecule has 0 N–H and O–H groups in total. The molecule has 0 saturated carbocycles. The van der Waals surface area contributed by atoms with E-state index in [4.69, 9.17) is 4.74 Å². The summed E-state index contributed by atoms with van der Waals surface area (Å²) in [4.78, 5) is 2.45. The van der Waals surface area contributed by atoms with E-state index in [1.165, 1.54) is 5.56 Å². The molecule has 1 atom stereocenters. The molecule has 0 amide bonds. The first-order chi connectivity index (χ1) is 12.3. The lowest BCUT2D eigenvalue weighted by Gasteiger charge is -2.32. The lowest BCUT2D eigenvalue weighted by Crippen LogP contribution is -2.37. The molecule has 25 heavy (non-hydrogen) atoms. The van der Waals surface area contributed by atoms with Crippen LogP contribution in [0.15, 0.2) is 54.6 Å². The third-order valence-electron chi connectivity index (χ3n) is 4.71. The predicted molar refractivity (Wildman–Crippen MR) is 95.4 cm³/mol. The second-order valence-electron chi connectivity index (χ2n) is 6.20. The summed E-state index contributed by atoms with van der Waals surface area (Å²) in [5, 5.41) is 12.2. The van der Waals surface area contributed by atoms with Crippen LogP contribution in [0, 0.1) is 0 Å². The molecule has 1 fully saturated rings. The Hall–Kier alpha value is -2.57. The highest BCUT2D eigenvalue weighted by Crippen LogP contribution is 2.25. The molecule has 0 unspecified atom stereocenters. The molecule has 0 spiro atoms. The Morgan fingerprint density at radius 3 is 2.40 bits per heavy atom. The highest BCUT2D eigenvalue weighted by Gasteiger charge is 2.19. The normalized spacial score (nSPS) is 16.7. The average Bonchev–Trinajstić information content (AvgIpc) is 3.19. The van der Waals surface area contributed by atoms with Gasteiger partial charge in [-0.15, -0.1) is 5.10 Å². The Bertz CT molecular complexity index is 809. The van der Waals surface area contributed by atoms with E-state index in [9.17, 15) is 0 Å². The van der Waals surface area contributed by atoms with Gasteiger partial charge < -0.3 is 4.74 Å². The third-order valence-corrected chi connectivity index (χ3v) is 4.71. The summed E-state index contributed by atoms with van der Waals surface area (Å²) in [6, 6.07) is 18.8. The van der Waals surface area contributed by atoms with E-state index in [-0.39, 0.29) is 0 Å². The van der Waals surface area contributed by atoms with Crippen molar-refractivity contribution < 1.29 is 4.74 Å². The first-order valence-corrected chi connectivity index (χ1v) is 8.59. The van der Waals surface area contributed by atoms with Crippen molar-refractivity contribution in [3.8, 4) is 17.1 Å². The van der Waals surface area contributed by atoms with Gasteiger partial charge >= 0.3 is 0 Å². The molecule has 128 valence electrons. The van der Waals surface area contributed by atoms with Gasteiger partial charge in [-0.1, -0.05) is 42.5 Å². The number of tetrazole rings is 1. The molecule has 1 aromatic heterocycles. The molecule has 1 aliphatic rings. The summed E-state index contributed by atoms with van der Waals surface area (Å²) in [6.45, 7) is 5.83. The fourth-order valence-corrected chi connectivity index (χ4v) is 3.20. The van der Waals surface area contributed by atoms with Gasteiger partial charge in [-0.3, -0.25) is 4.90 Å². The number of aromatic nitrogens is 4. The maximum Gasteiger partial charge on any atom is 0.187 e. The number of ether oxygens (including phenoxy) is 1. The molecule has 6 heteroatoms. The molecule has 6 nitrogen and oxygen atoms in total. The predicted octanol–water partition coefficient (Wildman–Crippen LogP) is 2.72. The van der Waals surface area contributed by atoms with E-state index in [1.807, 2.05) is 30.3 Å². The van der Waals surface area contributed by atoms with Crippen molar-refractivity contribution in [3.05, 3.63) is 60.2 Å². The summed E-state index contributed by atoms with van der Waals surface area (Å²) in [6.07, 6.45) is 0. The van der Waals surface area contributed by atoms with Crippen molar-refractivity contribution >= 4 is 0 Å². The van der Waals surface area contributed by atoms with Crippen LogP contribution in [-0.4, -0.2) is 51.4 Å². The number of morpholine rings is 1. The monoisotopic (exact) mass is 335 g/mol. The number of benzene rings is 2. The molecule has 1 aliphatic heterocycles. The van der Waals surface area contributed by atoms with Crippen LogP contribution < -0.4 is 0 Å². The van der Waals surface area contributed by atoms with E-state index in [0.717, 1.165) is 43.4 Å². The summed E-state index contributed by atoms with van der Waals surface area (Å²) in [5.74, 6) is 0.747. The number of rotatable bonds is 4. The van der Waals surface area contributed by atoms with Crippen molar-refractivity contribution in [2.45, 2.75) is 13.0 Å². The summed E-state index contributed by atoms with van der Waals surface area (Å²) >= 11 is 0. The molecule has 2 heterocycles. The van der Waals surface area contributed by atoms with Crippen LogP contribution in [0.5, 0.6) is 0 Å². The molecular formula is C19H21N5O. The quantitative estimate of drug-likeness (QED) is 0.734. The van der Waals surface area contributed by atoms with E-state index < -0.39 is 0 Å². The zero-order valence-electron chi connectivity index (χ0n) is 14.2. The van der Waals surface area contributed by atoms with Crippen LogP contribution in [-0.2, 0) is 4.74 Å². The molecule has 0 aliphatic carbocycles. The molecule has 0 radical (unpaired) electrons. The summed E-state index contributed by atoms with van der Waals surface area (Å²) in [7, 11) is 0. The van der Waals surface area contributed by atoms with Gasteiger partial charge in [-0.25, -0.2) is 0 Å². The number of para-hydroxylation sites is 1. The van der Waals surface area contributed by atoms with Crippen LogP contribution in [0.1, 0.15) is 18.5 Å². The Balaban J connectivity index is 1.58. The van der Waals surface area contributed by atoms with Crippen molar-refractivity contribution in [3.63, 3.8) is 0 Å². The van der Waals surface area contributed by atoms with E-state index in [2.05, 4.69) is 51.6 Å². The van der Waals surface area contributed by atoms with Crippen molar-refractivity contribution in [2.75, 3.05) is 26.3 Å². The van der Waals surface area contributed by atoms with Gasteiger partial charge in [0, 0.05) is 24.7 Å². The van der Waals surface area contributed by atoms with Crippen LogP contribution in [0.25, 0.3) is 17.1 Å². The largest absolute Gasteiger partial charge is 0.379 e. The molecule has 1 saturated heterocycles. The van der Waals surface area contributed by atoms with Crippen LogP contribution in [0.4, 0.5) is 0 Å². The van der Waals surface area contributed by atoms with E-state index in [0.29, 0.717) is 6.04 Å². The van der Waals surface area contributed by atoms with Gasteiger partial charge in [0.05, 0.1) is 18.9 Å². The van der Waals surface area contributed by atoms with Crippen molar-refractivity contribution in [1.29, 1.82) is 0 Å². The Morgan fingerprint density at radius 1 is 0.960 bits per heavy atom. The second kappa shape index (κ2) is 7.13. The summed E-state index contributed by atoms with van der Waals surface area (Å²) in [5.41, 5.74) is 3.25. The highest BCUT2D eigenvalue weighted by molar-refractivity contribution is 5.57. The maximum atomic E-state index is 5.44. The Kier molecular flexibility index (Phi) is 4.54. The van der Waals surface area contributed by atoms with Gasteiger partial charge in [-0.2, -0.15) is 4.68 Å². The molecule has 2 aromatic carbocycles.